The molecule has 0 spiro atoms. The van der Waals surface area contributed by atoms with Gasteiger partial charge in [-0.2, -0.15) is 0 Å². The van der Waals surface area contributed by atoms with Crippen LogP contribution in [0.1, 0.15) is 80.2 Å². The summed E-state index contributed by atoms with van der Waals surface area (Å²) in [5.74, 6) is -2.64. The summed E-state index contributed by atoms with van der Waals surface area (Å²) in [6, 6.07) is 2.64. The number of carbonyl (C=O) groups excluding carboxylic acids is 3. The van der Waals surface area contributed by atoms with Gasteiger partial charge in [0.05, 0.1) is 6.10 Å². The maximum atomic E-state index is 12.4. The lowest BCUT2D eigenvalue weighted by atomic mass is 9.87. The Hall–Kier alpha value is -3.54. The molecule has 0 aliphatic rings. The van der Waals surface area contributed by atoms with Gasteiger partial charge in [0.1, 0.15) is 23.3 Å². The first-order valence-electron chi connectivity index (χ1n) is 12.1. The number of hydrogen-bond acceptors (Lipinski definition) is 11. The zero-order valence-corrected chi connectivity index (χ0v) is 23.4. The molecule has 3 N–H and O–H groups in total. The van der Waals surface area contributed by atoms with E-state index in [-0.39, 0.29) is 17.9 Å². The number of carbonyl (C=O) groups is 4. The lowest BCUT2D eigenvalue weighted by molar-refractivity contribution is -0.139. The van der Waals surface area contributed by atoms with Crippen molar-refractivity contribution >= 4 is 24.4 Å². The molecule has 0 aromatic heterocycles. The van der Waals surface area contributed by atoms with Crippen molar-refractivity contribution in [3.63, 3.8) is 0 Å². The van der Waals surface area contributed by atoms with Crippen molar-refractivity contribution in [3.05, 3.63) is 23.8 Å². The molecule has 1 aromatic carbocycles. The van der Waals surface area contributed by atoms with Gasteiger partial charge in [0, 0.05) is 5.92 Å². The second-order valence-electron chi connectivity index (χ2n) is 10.9. The number of hydrogen-bond donors (Lipinski definition) is 2. The Kier molecular flexibility index (Phi) is 11.4. The van der Waals surface area contributed by atoms with Gasteiger partial charge in [-0.25, -0.2) is 14.4 Å². The van der Waals surface area contributed by atoms with Crippen molar-refractivity contribution in [3.8, 4) is 11.5 Å². The molecule has 38 heavy (non-hydrogen) atoms. The second kappa shape index (κ2) is 13.3. The Bertz CT molecular complexity index is 992. The van der Waals surface area contributed by atoms with Gasteiger partial charge in [0.25, 0.3) is 0 Å². The van der Waals surface area contributed by atoms with Crippen LogP contribution in [0, 0.1) is 0 Å². The minimum Gasteiger partial charge on any atom is -0.480 e. The van der Waals surface area contributed by atoms with Crippen molar-refractivity contribution in [2.24, 2.45) is 5.73 Å². The van der Waals surface area contributed by atoms with E-state index in [0.717, 1.165) is 0 Å². The molecule has 12 nitrogen and oxygen atoms in total. The quantitative estimate of drug-likeness (QED) is 0.240. The maximum Gasteiger partial charge on any atom is 0.514 e. The Balaban J connectivity index is 3.38. The number of ether oxygens (including phenoxy) is 6. The summed E-state index contributed by atoms with van der Waals surface area (Å²) >= 11 is 0. The van der Waals surface area contributed by atoms with Gasteiger partial charge >= 0.3 is 24.4 Å². The molecular formula is C26H39NO11. The lowest BCUT2D eigenvalue weighted by Gasteiger charge is -2.26. The van der Waals surface area contributed by atoms with Crippen LogP contribution in [-0.4, -0.2) is 59.0 Å². The van der Waals surface area contributed by atoms with Crippen LogP contribution in [-0.2, 0) is 23.7 Å². The van der Waals surface area contributed by atoms with E-state index < -0.39 is 59.8 Å². The molecule has 1 aromatic rings. The molecule has 0 heterocycles. The molecule has 3 atom stereocenters. The molecule has 0 aliphatic heterocycles. The van der Waals surface area contributed by atoms with Gasteiger partial charge in [-0.15, -0.1) is 0 Å². The molecule has 0 saturated carbocycles. The van der Waals surface area contributed by atoms with Crippen molar-refractivity contribution in [2.45, 2.75) is 104 Å². The number of carboxylic acids is 1. The van der Waals surface area contributed by atoms with Gasteiger partial charge in [-0.1, -0.05) is 6.07 Å². The fourth-order valence-corrected chi connectivity index (χ4v) is 3.09. The fourth-order valence-electron chi connectivity index (χ4n) is 3.09. The number of nitrogens with two attached hydrogens (primary N) is 1. The van der Waals surface area contributed by atoms with E-state index in [4.69, 9.17) is 34.2 Å². The lowest BCUT2D eigenvalue weighted by Crippen LogP contribution is -2.38. The molecule has 1 rings (SSSR count). The standard InChI is InChI=1S/C26H39NO11/c1-14(2)33-22(30)34-15(3)12-17(20(27)21(28)29)16-10-11-18(35-23(31)37-25(4,5)6)19(13-16)36-24(32)38-26(7,8)9/h10-11,13-15,17,20H,12,27H2,1-9H3,(H,28,29)/t15?,17?,20-/m0/s1. The zero-order valence-electron chi connectivity index (χ0n) is 23.4. The Morgan fingerprint density at radius 1 is 0.816 bits per heavy atom. The molecule has 0 radical (unpaired) electrons. The van der Waals surface area contributed by atoms with Gasteiger partial charge in [-0.05, 0) is 86.4 Å². The topological polar surface area (TPSA) is 170 Å². The van der Waals surface area contributed by atoms with E-state index in [1.165, 1.54) is 18.2 Å². The van der Waals surface area contributed by atoms with Crippen LogP contribution in [0.2, 0.25) is 0 Å². The third kappa shape index (κ3) is 12.1. The van der Waals surface area contributed by atoms with Crippen LogP contribution in [0.4, 0.5) is 14.4 Å². The fraction of sp³-hybridized carbons (Fsp3) is 0.615. The summed E-state index contributed by atoms with van der Waals surface area (Å²) in [6.45, 7) is 14.7. The predicted molar refractivity (Wildman–Crippen MR) is 135 cm³/mol. The minimum absolute atomic E-state index is 0.0151. The van der Waals surface area contributed by atoms with E-state index in [2.05, 4.69) is 0 Å². The molecule has 0 amide bonds. The minimum atomic E-state index is -1.42. The number of benzene rings is 1. The summed E-state index contributed by atoms with van der Waals surface area (Å²) in [6.07, 6.45) is -4.26. The number of carboxylic acid groups (broad SMARTS) is 1. The van der Waals surface area contributed by atoms with Crippen molar-refractivity contribution in [1.29, 1.82) is 0 Å². The van der Waals surface area contributed by atoms with E-state index in [1.54, 1.807) is 62.3 Å². The summed E-state index contributed by atoms with van der Waals surface area (Å²) in [5, 5.41) is 9.60. The summed E-state index contributed by atoms with van der Waals surface area (Å²) in [4.78, 5) is 48.3. The Morgan fingerprint density at radius 2 is 1.32 bits per heavy atom. The van der Waals surface area contributed by atoms with Gasteiger partial charge in [0.2, 0.25) is 0 Å². The van der Waals surface area contributed by atoms with Crippen molar-refractivity contribution in [1.82, 2.24) is 0 Å². The van der Waals surface area contributed by atoms with Crippen LogP contribution >= 0.6 is 0 Å². The third-order valence-corrected chi connectivity index (χ3v) is 4.50. The highest BCUT2D eigenvalue weighted by Gasteiger charge is 2.31. The summed E-state index contributed by atoms with van der Waals surface area (Å²) in [7, 11) is 0. The average Bonchev–Trinajstić information content (AvgIpc) is 2.69. The van der Waals surface area contributed by atoms with Crippen molar-refractivity contribution < 1.29 is 52.7 Å². The normalized spacial score (nSPS) is 14.1. The predicted octanol–water partition coefficient (Wildman–Crippen LogP) is 5.15. The van der Waals surface area contributed by atoms with Crippen LogP contribution in [0.25, 0.3) is 0 Å². The molecule has 0 fully saturated rings. The molecule has 214 valence electrons. The van der Waals surface area contributed by atoms with Crippen LogP contribution in [0.3, 0.4) is 0 Å². The van der Waals surface area contributed by atoms with E-state index in [1.807, 2.05) is 0 Å². The highest BCUT2D eigenvalue weighted by molar-refractivity contribution is 5.75. The first kappa shape index (κ1) is 32.5. The smallest absolute Gasteiger partial charge is 0.480 e. The molecule has 0 bridgehead atoms. The van der Waals surface area contributed by atoms with Crippen LogP contribution < -0.4 is 15.2 Å². The van der Waals surface area contributed by atoms with Crippen LogP contribution in [0.15, 0.2) is 18.2 Å². The highest BCUT2D eigenvalue weighted by atomic mass is 16.8. The van der Waals surface area contributed by atoms with E-state index in [0.29, 0.717) is 5.56 Å². The van der Waals surface area contributed by atoms with Crippen molar-refractivity contribution in [2.75, 3.05) is 0 Å². The summed E-state index contributed by atoms with van der Waals surface area (Å²) < 4.78 is 31.1. The van der Waals surface area contributed by atoms with Crippen LogP contribution in [0.5, 0.6) is 11.5 Å². The first-order chi connectivity index (χ1) is 17.3. The monoisotopic (exact) mass is 541 g/mol. The molecule has 0 aliphatic carbocycles. The Morgan fingerprint density at radius 3 is 1.76 bits per heavy atom. The number of aliphatic carboxylic acids is 1. The van der Waals surface area contributed by atoms with Gasteiger partial charge < -0.3 is 39.3 Å². The number of rotatable bonds is 9. The van der Waals surface area contributed by atoms with E-state index >= 15 is 0 Å². The molecule has 2 unspecified atom stereocenters. The SMILES string of the molecule is CC(C)OC(=O)OC(C)CC(c1ccc(OC(=O)OC(C)(C)C)c(OC(=O)OC(C)(C)C)c1)[C@H](N)C(=O)O. The molecule has 0 saturated heterocycles. The average molecular weight is 542 g/mol. The van der Waals surface area contributed by atoms with Gasteiger partial charge in [-0.3, -0.25) is 4.79 Å². The molecular weight excluding hydrogens is 502 g/mol. The molecule has 12 heteroatoms. The second-order valence-corrected chi connectivity index (χ2v) is 10.9. The first-order valence-corrected chi connectivity index (χ1v) is 12.1. The largest absolute Gasteiger partial charge is 0.514 e. The van der Waals surface area contributed by atoms with Gasteiger partial charge in [0.15, 0.2) is 11.5 Å². The summed E-state index contributed by atoms with van der Waals surface area (Å²) in [5.41, 5.74) is 4.54. The zero-order chi connectivity index (χ0) is 29.4. The van der Waals surface area contributed by atoms with E-state index in [9.17, 15) is 24.3 Å². The Labute approximate surface area is 222 Å². The highest BCUT2D eigenvalue weighted by Crippen LogP contribution is 2.35. The third-order valence-electron chi connectivity index (χ3n) is 4.50. The maximum absolute atomic E-state index is 12.4.